The number of ketones is 1. The Kier molecular flexibility index (Phi) is 3.94. The summed E-state index contributed by atoms with van der Waals surface area (Å²) >= 11 is 1.51. The van der Waals surface area contributed by atoms with Gasteiger partial charge >= 0.3 is 0 Å². The lowest BCUT2D eigenvalue weighted by molar-refractivity contribution is 0.103. The van der Waals surface area contributed by atoms with E-state index in [1.807, 2.05) is 59.0 Å². The molecule has 0 amide bonds. The zero-order valence-corrected chi connectivity index (χ0v) is 16.9. The van der Waals surface area contributed by atoms with Gasteiger partial charge in [0.25, 0.3) is 0 Å². The van der Waals surface area contributed by atoms with Gasteiger partial charge in [0.1, 0.15) is 22.9 Å². The van der Waals surface area contributed by atoms with Crippen LogP contribution in [0.5, 0.6) is 0 Å². The maximum Gasteiger partial charge on any atom is 0.230 e. The van der Waals surface area contributed by atoms with Crippen molar-refractivity contribution in [1.29, 1.82) is 0 Å². The fourth-order valence-electron chi connectivity index (χ4n) is 3.85. The Morgan fingerprint density at radius 2 is 1.61 bits per heavy atom. The van der Waals surface area contributed by atoms with Gasteiger partial charge < -0.3 is 0 Å². The number of fused-ring (bicyclic) bond motifs is 4. The Morgan fingerprint density at radius 3 is 2.48 bits per heavy atom. The first-order valence-electron chi connectivity index (χ1n) is 9.75. The zero-order valence-electron chi connectivity index (χ0n) is 16.1. The molecule has 0 unspecified atom stereocenters. The third kappa shape index (κ3) is 2.84. The van der Waals surface area contributed by atoms with E-state index in [4.69, 9.17) is 4.98 Å². The number of thiazole rings is 1. The lowest BCUT2D eigenvalue weighted by atomic mass is 10.1. The van der Waals surface area contributed by atoms with Gasteiger partial charge in [0, 0.05) is 10.9 Å². The highest BCUT2D eigenvalue weighted by molar-refractivity contribution is 7.23. The lowest BCUT2D eigenvalue weighted by Gasteiger charge is -2.06. The maximum absolute atomic E-state index is 13.8. The van der Waals surface area contributed by atoms with E-state index in [2.05, 4.69) is 4.98 Å². The minimum atomic E-state index is -0.334. The second-order valence-corrected chi connectivity index (χ2v) is 8.23. The number of hydrogen-bond donors (Lipinski definition) is 0. The number of rotatable bonds is 3. The zero-order chi connectivity index (χ0) is 20.9. The van der Waals surface area contributed by atoms with Crippen LogP contribution in [0.2, 0.25) is 0 Å². The topological polar surface area (TPSA) is 47.3 Å². The van der Waals surface area contributed by atoms with E-state index in [0.717, 1.165) is 21.1 Å². The summed E-state index contributed by atoms with van der Waals surface area (Å²) in [6.07, 6.45) is 0. The van der Waals surface area contributed by atoms with Crippen molar-refractivity contribution in [2.75, 3.05) is 0 Å². The van der Waals surface area contributed by atoms with E-state index in [1.54, 1.807) is 18.2 Å². The van der Waals surface area contributed by atoms with Crippen molar-refractivity contribution in [2.24, 2.45) is 0 Å². The van der Waals surface area contributed by atoms with Crippen LogP contribution in [0.1, 0.15) is 16.2 Å². The average Bonchev–Trinajstić information content (AvgIpc) is 3.35. The molecule has 0 saturated carbocycles. The Balaban J connectivity index is 1.64. The predicted molar refractivity (Wildman–Crippen MR) is 121 cm³/mol. The average molecular weight is 423 g/mol. The number of nitrogens with zero attached hydrogens (tertiary/aromatic N) is 3. The SMILES string of the molecule is O=C(c1ccc2ccccc2n1)c1c(-c2ccc(F)cc2)nc2sc3ccccc3n12. The summed E-state index contributed by atoms with van der Waals surface area (Å²) in [5.41, 5.74) is 3.66. The van der Waals surface area contributed by atoms with Crippen molar-refractivity contribution in [3.05, 3.63) is 102 Å². The number of hydrogen-bond acceptors (Lipinski definition) is 4. The fourth-order valence-corrected chi connectivity index (χ4v) is 4.88. The minimum Gasteiger partial charge on any atom is -0.285 e. The molecule has 3 heterocycles. The van der Waals surface area contributed by atoms with Gasteiger partial charge in [0.05, 0.1) is 15.7 Å². The van der Waals surface area contributed by atoms with Crippen LogP contribution in [0.15, 0.2) is 84.9 Å². The van der Waals surface area contributed by atoms with Crippen LogP contribution in [-0.2, 0) is 0 Å². The van der Waals surface area contributed by atoms with E-state index >= 15 is 0 Å². The molecule has 0 spiro atoms. The van der Waals surface area contributed by atoms with Gasteiger partial charge in [-0.2, -0.15) is 0 Å². The summed E-state index contributed by atoms with van der Waals surface area (Å²) in [6.45, 7) is 0. The largest absolute Gasteiger partial charge is 0.285 e. The fraction of sp³-hybridized carbons (Fsp3) is 0. The monoisotopic (exact) mass is 423 g/mol. The number of benzene rings is 3. The summed E-state index contributed by atoms with van der Waals surface area (Å²) < 4.78 is 16.5. The molecule has 0 saturated heterocycles. The number of aromatic nitrogens is 3. The van der Waals surface area contributed by atoms with Crippen molar-refractivity contribution in [3.8, 4) is 11.3 Å². The second kappa shape index (κ2) is 6.82. The molecule has 3 aromatic heterocycles. The Labute approximate surface area is 180 Å². The number of carbonyl (C=O) groups is 1. The molecule has 0 aliphatic rings. The number of halogens is 1. The number of pyridine rings is 1. The van der Waals surface area contributed by atoms with Crippen molar-refractivity contribution in [2.45, 2.75) is 0 Å². The molecule has 0 radical (unpaired) electrons. The first-order valence-corrected chi connectivity index (χ1v) is 10.6. The molecule has 31 heavy (non-hydrogen) atoms. The summed E-state index contributed by atoms with van der Waals surface area (Å²) in [5, 5.41) is 0.970. The maximum atomic E-state index is 13.8. The first-order chi connectivity index (χ1) is 15.2. The van der Waals surface area contributed by atoms with Crippen LogP contribution in [0.3, 0.4) is 0 Å². The normalized spacial score (nSPS) is 11.5. The minimum absolute atomic E-state index is 0.221. The van der Waals surface area contributed by atoms with Crippen molar-refractivity contribution >= 4 is 43.2 Å². The highest BCUT2D eigenvalue weighted by Gasteiger charge is 2.25. The molecule has 0 bridgehead atoms. The van der Waals surface area contributed by atoms with Crippen LogP contribution < -0.4 is 0 Å². The van der Waals surface area contributed by atoms with E-state index in [0.29, 0.717) is 27.6 Å². The molecule has 4 nitrogen and oxygen atoms in total. The highest BCUT2D eigenvalue weighted by Crippen LogP contribution is 2.34. The van der Waals surface area contributed by atoms with Crippen LogP contribution >= 0.6 is 11.3 Å². The van der Waals surface area contributed by atoms with Gasteiger partial charge in [-0.3, -0.25) is 9.20 Å². The summed E-state index contributed by atoms with van der Waals surface area (Å²) in [5.74, 6) is -0.555. The number of para-hydroxylation sites is 2. The third-order valence-corrected chi connectivity index (χ3v) is 6.34. The first kappa shape index (κ1) is 17.9. The molecule has 148 valence electrons. The molecule has 0 aliphatic carbocycles. The molecule has 0 atom stereocenters. The van der Waals surface area contributed by atoms with Gasteiger partial charge in [-0.25, -0.2) is 14.4 Å². The number of imidazole rings is 1. The highest BCUT2D eigenvalue weighted by atomic mass is 32.1. The molecule has 0 fully saturated rings. The summed E-state index contributed by atoms with van der Waals surface area (Å²) in [7, 11) is 0. The van der Waals surface area contributed by atoms with E-state index in [-0.39, 0.29) is 11.6 Å². The third-order valence-electron chi connectivity index (χ3n) is 5.32. The van der Waals surface area contributed by atoms with Gasteiger partial charge in [-0.15, -0.1) is 0 Å². The quantitative estimate of drug-likeness (QED) is 0.322. The Morgan fingerprint density at radius 1 is 0.839 bits per heavy atom. The molecule has 6 rings (SSSR count). The standard InChI is InChI=1S/C25H14FN3OS/c26-17-12-9-16(10-13-17)22-23(29-20-7-3-4-8-21(20)31-25(29)28-22)24(30)19-14-11-15-5-1-2-6-18(15)27-19/h1-14H. The predicted octanol–water partition coefficient (Wildman–Crippen LogP) is 6.13. The lowest BCUT2D eigenvalue weighted by Crippen LogP contribution is -2.09. The second-order valence-electron chi connectivity index (χ2n) is 7.22. The van der Waals surface area contributed by atoms with Gasteiger partial charge in [-0.1, -0.05) is 47.7 Å². The molecule has 3 aromatic carbocycles. The van der Waals surface area contributed by atoms with Crippen molar-refractivity contribution in [3.63, 3.8) is 0 Å². The van der Waals surface area contributed by atoms with Crippen LogP contribution in [0.4, 0.5) is 4.39 Å². The summed E-state index contributed by atoms with van der Waals surface area (Å²) in [6, 6.07) is 25.3. The van der Waals surface area contributed by atoms with E-state index < -0.39 is 0 Å². The van der Waals surface area contributed by atoms with Crippen LogP contribution in [0.25, 0.3) is 37.3 Å². The van der Waals surface area contributed by atoms with E-state index in [1.165, 1.54) is 23.5 Å². The smallest absolute Gasteiger partial charge is 0.230 e. The summed E-state index contributed by atoms with van der Waals surface area (Å²) in [4.78, 5) is 23.9. The van der Waals surface area contributed by atoms with Crippen LogP contribution in [-0.4, -0.2) is 20.2 Å². The van der Waals surface area contributed by atoms with E-state index in [9.17, 15) is 9.18 Å². The van der Waals surface area contributed by atoms with Crippen molar-refractivity contribution < 1.29 is 9.18 Å². The molecule has 6 heteroatoms. The van der Waals surface area contributed by atoms with Gasteiger partial charge in [-0.05, 0) is 48.5 Å². The molecule has 0 aliphatic heterocycles. The van der Waals surface area contributed by atoms with Gasteiger partial charge in [0.2, 0.25) is 5.78 Å². The van der Waals surface area contributed by atoms with Gasteiger partial charge in [0.15, 0.2) is 4.96 Å². The molecular formula is C25H14FN3OS. The molecular weight excluding hydrogens is 409 g/mol. The molecule has 0 N–H and O–H groups in total. The van der Waals surface area contributed by atoms with Crippen molar-refractivity contribution in [1.82, 2.24) is 14.4 Å². The van der Waals surface area contributed by atoms with Crippen LogP contribution in [0, 0.1) is 5.82 Å². The Hall–Kier alpha value is -3.90. The number of carbonyl (C=O) groups excluding carboxylic acids is 1. The molecule has 6 aromatic rings. The Bertz CT molecular complexity index is 1620.